The molecule has 5 heteroatoms. The second kappa shape index (κ2) is 4.37. The van der Waals surface area contributed by atoms with Crippen LogP contribution in [0.2, 0.25) is 0 Å². The molecule has 0 aromatic heterocycles. The highest BCUT2D eigenvalue weighted by Crippen LogP contribution is 2.57. The van der Waals surface area contributed by atoms with E-state index >= 15 is 0 Å². The van der Waals surface area contributed by atoms with Gasteiger partial charge in [0.15, 0.2) is 0 Å². The van der Waals surface area contributed by atoms with E-state index in [0.29, 0.717) is 17.8 Å². The van der Waals surface area contributed by atoms with Crippen molar-refractivity contribution in [3.8, 4) is 0 Å². The van der Waals surface area contributed by atoms with Crippen LogP contribution in [0.5, 0.6) is 0 Å². The van der Waals surface area contributed by atoms with E-state index in [4.69, 9.17) is 9.84 Å². The van der Waals surface area contributed by atoms with Crippen molar-refractivity contribution in [3.63, 3.8) is 0 Å². The molecule has 0 radical (unpaired) electrons. The molecule has 4 aliphatic carbocycles. The summed E-state index contributed by atoms with van der Waals surface area (Å²) in [5, 5.41) is 11.5. The normalized spacial score (nSPS) is 38.6. The number of ether oxygens (including phenoxy) is 1. The Bertz CT molecular complexity index is 408. The zero-order chi connectivity index (χ0) is 14.5. The van der Waals surface area contributed by atoms with Crippen molar-refractivity contribution in [2.45, 2.75) is 63.5 Å². The number of aliphatic carboxylic acids is 1. The SMILES string of the molecule is CC(C)(NC(=O)OC12CC3CC(CC(C3)C1)C2)C(=O)O. The Labute approximate surface area is 119 Å². The standard InChI is InChI=1S/C15H23NO4/c1-14(2,12(17)18)16-13(19)20-15-6-9-3-10(7-15)5-11(4-9)8-15/h9-11H,3-8H2,1-2H3,(H,16,19)(H,17,18). The van der Waals surface area contributed by atoms with E-state index in [1.807, 2.05) is 0 Å². The van der Waals surface area contributed by atoms with Crippen LogP contribution in [-0.2, 0) is 9.53 Å². The number of amides is 1. The van der Waals surface area contributed by atoms with Crippen LogP contribution >= 0.6 is 0 Å². The van der Waals surface area contributed by atoms with E-state index in [1.165, 1.54) is 33.1 Å². The number of hydrogen-bond acceptors (Lipinski definition) is 3. The van der Waals surface area contributed by atoms with Crippen molar-refractivity contribution in [1.82, 2.24) is 5.32 Å². The number of alkyl carbamates (subject to hydrolysis) is 1. The molecule has 0 heterocycles. The Morgan fingerprint density at radius 2 is 1.55 bits per heavy atom. The molecule has 20 heavy (non-hydrogen) atoms. The van der Waals surface area contributed by atoms with Gasteiger partial charge in [-0.25, -0.2) is 9.59 Å². The van der Waals surface area contributed by atoms with Crippen molar-refractivity contribution >= 4 is 12.1 Å². The molecule has 5 nitrogen and oxygen atoms in total. The first-order chi connectivity index (χ1) is 9.28. The lowest BCUT2D eigenvalue weighted by Crippen LogP contribution is -2.56. The van der Waals surface area contributed by atoms with E-state index in [0.717, 1.165) is 19.3 Å². The smallest absolute Gasteiger partial charge is 0.408 e. The lowest BCUT2D eigenvalue weighted by molar-refractivity contribution is -0.145. The fourth-order valence-electron chi connectivity index (χ4n) is 4.69. The molecule has 112 valence electrons. The van der Waals surface area contributed by atoms with Gasteiger partial charge in [0, 0.05) is 0 Å². The van der Waals surface area contributed by atoms with Crippen molar-refractivity contribution in [2.75, 3.05) is 0 Å². The van der Waals surface area contributed by atoms with Gasteiger partial charge in [0.1, 0.15) is 11.1 Å². The highest BCUT2D eigenvalue weighted by molar-refractivity contribution is 5.83. The van der Waals surface area contributed by atoms with Crippen molar-refractivity contribution in [2.24, 2.45) is 17.8 Å². The molecule has 4 aliphatic rings. The molecule has 0 unspecified atom stereocenters. The van der Waals surface area contributed by atoms with Gasteiger partial charge >= 0.3 is 12.1 Å². The quantitative estimate of drug-likeness (QED) is 0.833. The first kappa shape index (κ1) is 13.7. The molecule has 0 aliphatic heterocycles. The van der Waals surface area contributed by atoms with Crippen LogP contribution in [0.25, 0.3) is 0 Å². The van der Waals surface area contributed by atoms with Crippen LogP contribution in [0.1, 0.15) is 52.4 Å². The maximum absolute atomic E-state index is 12.1. The molecular weight excluding hydrogens is 258 g/mol. The largest absolute Gasteiger partial charge is 0.480 e. The summed E-state index contributed by atoms with van der Waals surface area (Å²) in [6, 6.07) is 0. The van der Waals surface area contributed by atoms with Crippen LogP contribution in [0.15, 0.2) is 0 Å². The van der Waals surface area contributed by atoms with E-state index in [2.05, 4.69) is 5.32 Å². The van der Waals surface area contributed by atoms with E-state index < -0.39 is 17.6 Å². The average molecular weight is 281 g/mol. The molecule has 0 aromatic rings. The van der Waals surface area contributed by atoms with Gasteiger partial charge in [-0.05, 0) is 70.1 Å². The molecule has 0 saturated heterocycles. The van der Waals surface area contributed by atoms with E-state index in [-0.39, 0.29) is 5.60 Å². The minimum absolute atomic E-state index is 0.326. The molecule has 4 saturated carbocycles. The Morgan fingerprint density at radius 3 is 1.95 bits per heavy atom. The van der Waals surface area contributed by atoms with Gasteiger partial charge in [-0.2, -0.15) is 0 Å². The highest BCUT2D eigenvalue weighted by atomic mass is 16.6. The summed E-state index contributed by atoms with van der Waals surface area (Å²) in [6.45, 7) is 2.94. The van der Waals surface area contributed by atoms with E-state index in [9.17, 15) is 9.59 Å². The third-order valence-electron chi connectivity index (χ3n) is 5.24. The van der Waals surface area contributed by atoms with Crippen LogP contribution in [-0.4, -0.2) is 28.3 Å². The Hall–Kier alpha value is -1.26. The minimum atomic E-state index is -1.29. The summed E-state index contributed by atoms with van der Waals surface area (Å²) in [5.41, 5.74) is -1.62. The number of carboxylic acids is 1. The second-order valence-corrected chi connectivity index (χ2v) is 7.55. The van der Waals surface area contributed by atoms with Gasteiger partial charge in [0.2, 0.25) is 0 Å². The summed E-state index contributed by atoms with van der Waals surface area (Å²) in [7, 11) is 0. The molecule has 0 aromatic carbocycles. The number of rotatable bonds is 3. The van der Waals surface area contributed by atoms with Crippen LogP contribution in [0.4, 0.5) is 4.79 Å². The van der Waals surface area contributed by atoms with Gasteiger partial charge in [-0.3, -0.25) is 0 Å². The summed E-state index contributed by atoms with van der Waals surface area (Å²) < 4.78 is 5.72. The summed E-state index contributed by atoms with van der Waals surface area (Å²) in [5.74, 6) is 1.03. The molecule has 4 rings (SSSR count). The summed E-state index contributed by atoms with van der Waals surface area (Å²) in [6.07, 6.45) is 6.14. The number of hydrogen-bond donors (Lipinski definition) is 2. The number of carbonyl (C=O) groups excluding carboxylic acids is 1. The average Bonchev–Trinajstić information content (AvgIpc) is 2.24. The van der Waals surface area contributed by atoms with E-state index in [1.54, 1.807) is 0 Å². The fraction of sp³-hybridized carbons (Fsp3) is 0.867. The van der Waals surface area contributed by atoms with Crippen molar-refractivity contribution in [3.05, 3.63) is 0 Å². The molecule has 4 bridgehead atoms. The molecular formula is C15H23NO4. The molecule has 4 fully saturated rings. The Balaban J connectivity index is 1.66. The molecule has 1 amide bonds. The van der Waals surface area contributed by atoms with Crippen LogP contribution in [0, 0.1) is 17.8 Å². The van der Waals surface area contributed by atoms with Gasteiger partial charge in [-0.15, -0.1) is 0 Å². The first-order valence-electron chi connectivity index (χ1n) is 7.52. The summed E-state index contributed by atoms with van der Waals surface area (Å²) >= 11 is 0. The first-order valence-corrected chi connectivity index (χ1v) is 7.52. The lowest BCUT2D eigenvalue weighted by Gasteiger charge is -2.55. The maximum Gasteiger partial charge on any atom is 0.408 e. The van der Waals surface area contributed by atoms with Gasteiger partial charge in [0.05, 0.1) is 0 Å². The number of nitrogens with one attached hydrogen (secondary N) is 1. The fourth-order valence-corrected chi connectivity index (χ4v) is 4.69. The van der Waals surface area contributed by atoms with Gasteiger partial charge in [-0.1, -0.05) is 0 Å². The van der Waals surface area contributed by atoms with Crippen LogP contribution in [0.3, 0.4) is 0 Å². The molecule has 0 spiro atoms. The molecule has 2 N–H and O–H groups in total. The number of carbonyl (C=O) groups is 2. The lowest BCUT2D eigenvalue weighted by atomic mass is 9.54. The third-order valence-corrected chi connectivity index (χ3v) is 5.24. The second-order valence-electron chi connectivity index (χ2n) is 7.55. The van der Waals surface area contributed by atoms with Crippen LogP contribution < -0.4 is 5.32 Å². The van der Waals surface area contributed by atoms with Crippen molar-refractivity contribution < 1.29 is 19.4 Å². The maximum atomic E-state index is 12.1. The minimum Gasteiger partial charge on any atom is -0.480 e. The zero-order valence-electron chi connectivity index (χ0n) is 12.1. The predicted molar refractivity (Wildman–Crippen MR) is 72.2 cm³/mol. The molecule has 0 atom stereocenters. The zero-order valence-corrected chi connectivity index (χ0v) is 12.1. The Morgan fingerprint density at radius 1 is 1.10 bits per heavy atom. The van der Waals surface area contributed by atoms with Crippen molar-refractivity contribution in [1.29, 1.82) is 0 Å². The number of carboxylic acid groups (broad SMARTS) is 1. The predicted octanol–water partition coefficient (Wildman–Crippen LogP) is 2.54. The summed E-state index contributed by atoms with van der Waals surface area (Å²) in [4.78, 5) is 23.1. The monoisotopic (exact) mass is 281 g/mol. The van der Waals surface area contributed by atoms with Gasteiger partial charge in [0.25, 0.3) is 0 Å². The highest BCUT2D eigenvalue weighted by Gasteiger charge is 2.53. The third kappa shape index (κ3) is 2.38. The Kier molecular flexibility index (Phi) is 2.99. The van der Waals surface area contributed by atoms with Gasteiger partial charge < -0.3 is 15.2 Å². The topological polar surface area (TPSA) is 75.6 Å².